The molecule has 0 aliphatic heterocycles. The fraction of sp³-hybridized carbons (Fsp3) is 0.467. The molecule has 0 amide bonds. The lowest BCUT2D eigenvalue weighted by atomic mass is 9.86. The molecule has 0 bridgehead atoms. The van der Waals surface area contributed by atoms with Crippen molar-refractivity contribution < 1.29 is 18.3 Å². The average molecular weight is 372 g/mol. The zero-order valence-electron chi connectivity index (χ0n) is 13.1. The number of carboxylic acids is 1. The second-order valence-corrected chi connectivity index (χ2v) is 7.75. The fourth-order valence-electron chi connectivity index (χ4n) is 2.73. The van der Waals surface area contributed by atoms with E-state index in [4.69, 9.17) is 22.0 Å². The highest BCUT2D eigenvalue weighted by Crippen LogP contribution is 2.29. The molecule has 0 atom stereocenters. The number of benzene rings is 1. The summed E-state index contributed by atoms with van der Waals surface area (Å²) in [7, 11) is -3.78. The number of hydrogen-bond donors (Lipinski definition) is 2. The van der Waals surface area contributed by atoms with Crippen LogP contribution in [0.3, 0.4) is 0 Å². The fourth-order valence-corrected chi connectivity index (χ4v) is 4.53. The third kappa shape index (κ3) is 4.24. The second kappa shape index (κ2) is 7.49. The molecule has 0 saturated heterocycles. The Labute approximate surface area is 145 Å². The summed E-state index contributed by atoms with van der Waals surface area (Å²) in [6.45, 7) is 2.41. The summed E-state index contributed by atoms with van der Waals surface area (Å²) in [4.78, 5) is 12.5. The van der Waals surface area contributed by atoms with Crippen molar-refractivity contribution in [3.63, 3.8) is 0 Å². The van der Waals surface area contributed by atoms with Crippen LogP contribution in [0.25, 0.3) is 0 Å². The van der Waals surface area contributed by atoms with Crippen molar-refractivity contribution in [3.8, 4) is 6.07 Å². The third-order valence-corrected chi connectivity index (χ3v) is 6.05. The Balaban J connectivity index is 2.00. The maximum Gasteiger partial charge on any atom is 0.317 e. The highest BCUT2D eigenvalue weighted by Gasteiger charge is 2.36. The van der Waals surface area contributed by atoms with Crippen LogP contribution in [-0.2, 0) is 14.8 Å². The van der Waals surface area contributed by atoms with Crippen LogP contribution in [0, 0.1) is 11.3 Å². The Kier molecular flexibility index (Phi) is 5.83. The summed E-state index contributed by atoms with van der Waals surface area (Å²) in [6.07, 6.45) is 1.10. The SMILES string of the molecule is CCN(CC(=O)O)C1CC(NS(=O)(=O)c2ccc(C#N)cc2Cl)C1. The summed E-state index contributed by atoms with van der Waals surface area (Å²) in [6, 6.07) is 5.71. The zero-order valence-corrected chi connectivity index (χ0v) is 14.6. The molecule has 0 unspecified atom stereocenters. The van der Waals surface area contributed by atoms with Gasteiger partial charge in [0.05, 0.1) is 23.2 Å². The maximum atomic E-state index is 12.4. The number of likely N-dealkylation sites (N-methyl/N-ethyl adjacent to an activating group) is 1. The van der Waals surface area contributed by atoms with Crippen LogP contribution in [-0.4, -0.2) is 49.6 Å². The van der Waals surface area contributed by atoms with Crippen LogP contribution >= 0.6 is 11.6 Å². The van der Waals surface area contributed by atoms with Crippen LogP contribution in [0.5, 0.6) is 0 Å². The second-order valence-electron chi connectivity index (χ2n) is 5.66. The Morgan fingerprint density at radius 2 is 2.17 bits per heavy atom. The minimum atomic E-state index is -3.78. The molecule has 2 N–H and O–H groups in total. The molecule has 0 spiro atoms. The van der Waals surface area contributed by atoms with Crippen molar-refractivity contribution in [1.82, 2.24) is 9.62 Å². The van der Waals surface area contributed by atoms with Crippen molar-refractivity contribution >= 4 is 27.6 Å². The van der Waals surface area contributed by atoms with E-state index in [1.54, 1.807) is 0 Å². The number of carboxylic acid groups (broad SMARTS) is 1. The van der Waals surface area contributed by atoms with E-state index in [0.29, 0.717) is 19.4 Å². The number of halogens is 1. The van der Waals surface area contributed by atoms with Gasteiger partial charge in [0.1, 0.15) is 4.90 Å². The molecule has 1 aromatic carbocycles. The predicted molar refractivity (Wildman–Crippen MR) is 88.2 cm³/mol. The maximum absolute atomic E-state index is 12.4. The molecule has 1 saturated carbocycles. The van der Waals surface area contributed by atoms with Gasteiger partial charge in [-0.2, -0.15) is 5.26 Å². The number of nitrogens with one attached hydrogen (secondary N) is 1. The van der Waals surface area contributed by atoms with Gasteiger partial charge in [0, 0.05) is 12.1 Å². The summed E-state index contributed by atoms with van der Waals surface area (Å²) in [5.41, 5.74) is 0.287. The average Bonchev–Trinajstić information content (AvgIpc) is 2.47. The molecule has 0 aromatic heterocycles. The van der Waals surface area contributed by atoms with Gasteiger partial charge >= 0.3 is 5.97 Å². The van der Waals surface area contributed by atoms with E-state index in [0.717, 1.165) is 0 Å². The minimum absolute atomic E-state index is 0.00140. The van der Waals surface area contributed by atoms with Gasteiger partial charge in [0.2, 0.25) is 10.0 Å². The topological polar surface area (TPSA) is 110 Å². The highest BCUT2D eigenvalue weighted by molar-refractivity contribution is 7.89. The van der Waals surface area contributed by atoms with Gasteiger partial charge in [0.15, 0.2) is 0 Å². The molecule has 1 aliphatic rings. The van der Waals surface area contributed by atoms with E-state index >= 15 is 0 Å². The molecule has 0 radical (unpaired) electrons. The monoisotopic (exact) mass is 371 g/mol. The summed E-state index contributed by atoms with van der Waals surface area (Å²) in [5, 5.41) is 17.7. The van der Waals surface area contributed by atoms with Crippen LogP contribution < -0.4 is 4.72 Å². The minimum Gasteiger partial charge on any atom is -0.480 e. The predicted octanol–water partition coefficient (Wildman–Crippen LogP) is 1.43. The quantitative estimate of drug-likeness (QED) is 0.750. The molecule has 2 rings (SSSR count). The van der Waals surface area contributed by atoms with E-state index < -0.39 is 16.0 Å². The normalized spacial score (nSPS) is 20.4. The van der Waals surface area contributed by atoms with Crippen molar-refractivity contribution in [2.45, 2.75) is 36.7 Å². The number of rotatable bonds is 7. The third-order valence-electron chi connectivity index (χ3n) is 4.05. The number of carbonyl (C=O) groups is 1. The zero-order chi connectivity index (χ0) is 17.9. The molecule has 7 nitrogen and oxygen atoms in total. The first-order valence-corrected chi connectivity index (χ1v) is 9.30. The summed E-state index contributed by atoms with van der Waals surface area (Å²) in [5.74, 6) is -0.898. The lowest BCUT2D eigenvalue weighted by Gasteiger charge is -2.42. The molecule has 1 fully saturated rings. The molecule has 130 valence electrons. The number of hydrogen-bond acceptors (Lipinski definition) is 5. The van der Waals surface area contributed by atoms with Crippen molar-refractivity contribution in [3.05, 3.63) is 28.8 Å². The lowest BCUT2D eigenvalue weighted by Crippen LogP contribution is -2.54. The highest BCUT2D eigenvalue weighted by atomic mass is 35.5. The standard InChI is InChI=1S/C15H18ClN3O4S/c1-2-19(9-15(20)21)12-6-11(7-12)18-24(22,23)14-4-3-10(8-17)5-13(14)16/h3-5,11-12,18H,2,6-7,9H2,1H3,(H,20,21). The van der Waals surface area contributed by atoms with Gasteiger partial charge in [-0.1, -0.05) is 18.5 Å². The molecule has 24 heavy (non-hydrogen) atoms. The van der Waals surface area contributed by atoms with Gasteiger partial charge < -0.3 is 5.11 Å². The molecule has 9 heteroatoms. The van der Waals surface area contributed by atoms with E-state index in [-0.39, 0.29) is 34.1 Å². The van der Waals surface area contributed by atoms with Crippen LogP contribution in [0.4, 0.5) is 0 Å². The molecule has 1 aliphatic carbocycles. The van der Waals surface area contributed by atoms with Crippen LogP contribution in [0.1, 0.15) is 25.3 Å². The number of nitrogens with zero attached hydrogens (tertiary/aromatic N) is 2. The Morgan fingerprint density at radius 1 is 1.50 bits per heavy atom. The molecular weight excluding hydrogens is 354 g/mol. The van der Waals surface area contributed by atoms with Crippen molar-refractivity contribution in [1.29, 1.82) is 5.26 Å². The Bertz CT molecular complexity index is 769. The van der Waals surface area contributed by atoms with Crippen molar-refractivity contribution in [2.24, 2.45) is 0 Å². The van der Waals surface area contributed by atoms with E-state index in [1.165, 1.54) is 18.2 Å². The summed E-state index contributed by atoms with van der Waals surface area (Å²) < 4.78 is 27.4. The van der Waals surface area contributed by atoms with Gasteiger partial charge in [-0.15, -0.1) is 0 Å². The van der Waals surface area contributed by atoms with Gasteiger partial charge in [-0.25, -0.2) is 13.1 Å². The Morgan fingerprint density at radius 3 is 2.67 bits per heavy atom. The Hall–Kier alpha value is -1.66. The van der Waals surface area contributed by atoms with Gasteiger partial charge in [-0.05, 0) is 37.6 Å². The molecular formula is C15H18ClN3O4S. The van der Waals surface area contributed by atoms with E-state index in [9.17, 15) is 13.2 Å². The van der Waals surface area contributed by atoms with E-state index in [1.807, 2.05) is 17.9 Å². The first-order chi connectivity index (χ1) is 11.3. The number of aliphatic carboxylic acids is 1. The van der Waals surface area contributed by atoms with Crippen LogP contribution in [0.15, 0.2) is 23.1 Å². The number of nitriles is 1. The molecule has 0 heterocycles. The first-order valence-electron chi connectivity index (χ1n) is 7.44. The lowest BCUT2D eigenvalue weighted by molar-refractivity contribution is -0.139. The first kappa shape index (κ1) is 18.7. The molecule has 1 aromatic rings. The van der Waals surface area contributed by atoms with Crippen LogP contribution in [0.2, 0.25) is 5.02 Å². The van der Waals surface area contributed by atoms with Crippen molar-refractivity contribution in [2.75, 3.05) is 13.1 Å². The smallest absolute Gasteiger partial charge is 0.317 e. The van der Waals surface area contributed by atoms with Gasteiger partial charge in [-0.3, -0.25) is 9.69 Å². The van der Waals surface area contributed by atoms with E-state index in [2.05, 4.69) is 4.72 Å². The van der Waals surface area contributed by atoms with Gasteiger partial charge in [0.25, 0.3) is 0 Å². The summed E-state index contributed by atoms with van der Waals surface area (Å²) >= 11 is 5.95. The largest absolute Gasteiger partial charge is 0.480 e. The number of sulfonamides is 1.